The van der Waals surface area contributed by atoms with Crippen LogP contribution >= 0.6 is 10.7 Å². The van der Waals surface area contributed by atoms with Crippen molar-refractivity contribution in [1.29, 1.82) is 0 Å². The van der Waals surface area contributed by atoms with Crippen LogP contribution in [0.1, 0.15) is 11.1 Å². The van der Waals surface area contributed by atoms with Crippen molar-refractivity contribution in [2.24, 2.45) is 0 Å². The molecule has 1 heterocycles. The van der Waals surface area contributed by atoms with Crippen LogP contribution in [0.25, 0.3) is 0 Å². The number of hydrogen-bond donors (Lipinski definition) is 0. The molecule has 1 aromatic carbocycles. The van der Waals surface area contributed by atoms with E-state index in [0.29, 0.717) is 6.54 Å². The van der Waals surface area contributed by atoms with Gasteiger partial charge >= 0.3 is 0 Å². The second kappa shape index (κ2) is 5.22. The molecule has 2 rings (SSSR count). The zero-order chi connectivity index (χ0) is 14.0. The summed E-state index contributed by atoms with van der Waals surface area (Å²) in [6.45, 7) is 2.39. The number of aryl methyl sites for hydroxylation is 1. The molecule has 0 radical (unpaired) electrons. The predicted octanol–water partition coefficient (Wildman–Crippen LogP) is 2.18. The molecule has 0 spiro atoms. The van der Waals surface area contributed by atoms with E-state index in [1.807, 2.05) is 25.1 Å². The number of aromatic nitrogens is 2. The van der Waals surface area contributed by atoms with Crippen LogP contribution in [0.2, 0.25) is 0 Å². The summed E-state index contributed by atoms with van der Waals surface area (Å²) in [6.07, 6.45) is 2.62. The van der Waals surface area contributed by atoms with Gasteiger partial charge in [-0.05, 0) is 13.0 Å². The molecule has 0 atom stereocenters. The summed E-state index contributed by atoms with van der Waals surface area (Å²) in [5.41, 5.74) is 2.01. The van der Waals surface area contributed by atoms with Gasteiger partial charge < -0.3 is 4.74 Å². The lowest BCUT2D eigenvalue weighted by Crippen LogP contribution is -2.02. The maximum absolute atomic E-state index is 11.2. The highest BCUT2D eigenvalue weighted by Gasteiger charge is 2.13. The van der Waals surface area contributed by atoms with Gasteiger partial charge in [-0.25, -0.2) is 8.42 Å². The molecule has 0 bridgehead atoms. The average Bonchev–Trinajstić information content (AvgIpc) is 2.77. The van der Waals surface area contributed by atoms with Crippen molar-refractivity contribution in [3.8, 4) is 5.75 Å². The summed E-state index contributed by atoms with van der Waals surface area (Å²) >= 11 is 0. The van der Waals surface area contributed by atoms with Crippen LogP contribution in [-0.4, -0.2) is 25.3 Å². The van der Waals surface area contributed by atoms with Crippen LogP contribution in [0.15, 0.2) is 35.5 Å². The number of nitrogens with zero attached hydrogens (tertiary/aromatic N) is 2. The smallest absolute Gasteiger partial charge is 0.264 e. The molecule has 0 aliphatic heterocycles. The quantitative estimate of drug-likeness (QED) is 0.812. The number of benzene rings is 1. The second-order valence-corrected chi connectivity index (χ2v) is 6.69. The molecule has 7 heteroatoms. The Morgan fingerprint density at radius 1 is 1.42 bits per heavy atom. The molecule has 1 aromatic heterocycles. The Labute approximate surface area is 116 Å². The Morgan fingerprint density at radius 2 is 2.16 bits per heavy atom. The Bertz CT molecular complexity index is 695. The second-order valence-electron chi connectivity index (χ2n) is 4.13. The van der Waals surface area contributed by atoms with E-state index in [2.05, 4.69) is 5.10 Å². The summed E-state index contributed by atoms with van der Waals surface area (Å²) in [6, 6.07) is 5.78. The highest BCUT2D eigenvalue weighted by atomic mass is 35.7. The molecule has 0 amide bonds. The SMILES string of the molecule is COc1ccc(C)cc1Cn1cc(S(=O)(=O)Cl)cn1. The summed E-state index contributed by atoms with van der Waals surface area (Å²) in [5.74, 6) is 0.733. The minimum atomic E-state index is -3.74. The fourth-order valence-corrected chi connectivity index (χ4v) is 2.42. The van der Waals surface area contributed by atoms with E-state index in [1.165, 1.54) is 17.1 Å². The molecule has 0 saturated heterocycles. The topological polar surface area (TPSA) is 61.2 Å². The molecule has 0 N–H and O–H groups in total. The van der Waals surface area contributed by atoms with Crippen molar-refractivity contribution in [3.63, 3.8) is 0 Å². The van der Waals surface area contributed by atoms with Crippen molar-refractivity contribution in [1.82, 2.24) is 9.78 Å². The van der Waals surface area contributed by atoms with Crippen LogP contribution in [0.3, 0.4) is 0 Å². The standard InChI is InChI=1S/C12H13ClN2O3S/c1-9-3-4-12(18-2)10(5-9)7-15-8-11(6-14-15)19(13,16)17/h3-6,8H,7H2,1-2H3. The molecule has 0 saturated carbocycles. The van der Waals surface area contributed by atoms with Crippen LogP contribution < -0.4 is 4.74 Å². The number of rotatable bonds is 4. The Kier molecular flexibility index (Phi) is 3.82. The first-order valence-corrected chi connectivity index (χ1v) is 7.82. The molecule has 0 aliphatic rings. The largest absolute Gasteiger partial charge is 0.496 e. The van der Waals surface area contributed by atoms with Crippen molar-refractivity contribution in [2.75, 3.05) is 7.11 Å². The lowest BCUT2D eigenvalue weighted by molar-refractivity contribution is 0.407. The van der Waals surface area contributed by atoms with Crippen LogP contribution in [0.4, 0.5) is 0 Å². The summed E-state index contributed by atoms with van der Waals surface area (Å²) in [4.78, 5) is -0.0132. The third-order valence-corrected chi connectivity index (χ3v) is 3.97. The lowest BCUT2D eigenvalue weighted by atomic mass is 10.1. The normalized spacial score (nSPS) is 11.5. The first-order valence-electron chi connectivity index (χ1n) is 5.51. The minimum Gasteiger partial charge on any atom is -0.496 e. The fourth-order valence-electron chi connectivity index (χ4n) is 1.76. The zero-order valence-electron chi connectivity index (χ0n) is 10.5. The van der Waals surface area contributed by atoms with E-state index in [1.54, 1.807) is 7.11 Å². The van der Waals surface area contributed by atoms with Gasteiger partial charge in [0.25, 0.3) is 9.05 Å². The van der Waals surface area contributed by atoms with E-state index in [4.69, 9.17) is 15.4 Å². The van der Waals surface area contributed by atoms with Crippen LogP contribution in [-0.2, 0) is 15.6 Å². The van der Waals surface area contributed by atoms with E-state index in [0.717, 1.165) is 16.9 Å². The predicted molar refractivity (Wildman–Crippen MR) is 72.1 cm³/mol. The Balaban J connectivity index is 2.31. The summed E-state index contributed by atoms with van der Waals surface area (Å²) < 4.78 is 29.1. The molecule has 0 unspecified atom stereocenters. The third-order valence-electron chi connectivity index (χ3n) is 2.66. The van der Waals surface area contributed by atoms with Gasteiger partial charge in [0.15, 0.2) is 0 Å². The lowest BCUT2D eigenvalue weighted by Gasteiger charge is -2.09. The molecule has 2 aromatic rings. The van der Waals surface area contributed by atoms with Gasteiger partial charge in [-0.1, -0.05) is 17.7 Å². The summed E-state index contributed by atoms with van der Waals surface area (Å²) in [7, 11) is 3.10. The van der Waals surface area contributed by atoms with Gasteiger partial charge in [0.1, 0.15) is 10.6 Å². The van der Waals surface area contributed by atoms with Gasteiger partial charge in [0.2, 0.25) is 0 Å². The zero-order valence-corrected chi connectivity index (χ0v) is 12.1. The number of halogens is 1. The first kappa shape index (κ1) is 13.9. The van der Waals surface area contributed by atoms with Crippen molar-refractivity contribution in [2.45, 2.75) is 18.4 Å². The van der Waals surface area contributed by atoms with E-state index < -0.39 is 9.05 Å². The molecular weight excluding hydrogens is 288 g/mol. The molecule has 0 fully saturated rings. The Morgan fingerprint density at radius 3 is 2.74 bits per heavy atom. The molecular formula is C12H13ClN2O3S. The van der Waals surface area contributed by atoms with Gasteiger partial charge in [-0.2, -0.15) is 5.10 Å². The molecule has 102 valence electrons. The van der Waals surface area contributed by atoms with Crippen molar-refractivity contribution in [3.05, 3.63) is 41.7 Å². The average molecular weight is 301 g/mol. The van der Waals surface area contributed by atoms with Crippen molar-refractivity contribution < 1.29 is 13.2 Å². The number of hydrogen-bond acceptors (Lipinski definition) is 4. The maximum Gasteiger partial charge on any atom is 0.264 e. The maximum atomic E-state index is 11.2. The highest BCUT2D eigenvalue weighted by Crippen LogP contribution is 2.21. The Hall–Kier alpha value is -1.53. The number of methoxy groups -OCH3 is 1. The van der Waals surface area contributed by atoms with Gasteiger partial charge in [-0.15, -0.1) is 0 Å². The first-order chi connectivity index (χ1) is 8.90. The number of ether oxygens (including phenoxy) is 1. The van der Waals surface area contributed by atoms with E-state index in [9.17, 15) is 8.42 Å². The third kappa shape index (κ3) is 3.27. The monoisotopic (exact) mass is 300 g/mol. The van der Waals surface area contributed by atoms with Gasteiger partial charge in [0, 0.05) is 22.4 Å². The molecule has 5 nitrogen and oxygen atoms in total. The molecule has 19 heavy (non-hydrogen) atoms. The van der Waals surface area contributed by atoms with E-state index >= 15 is 0 Å². The minimum absolute atomic E-state index is 0.0132. The fraction of sp³-hybridized carbons (Fsp3) is 0.250. The highest BCUT2D eigenvalue weighted by molar-refractivity contribution is 8.13. The molecule has 0 aliphatic carbocycles. The van der Waals surface area contributed by atoms with Gasteiger partial charge in [0.05, 0.1) is 19.9 Å². The van der Waals surface area contributed by atoms with Crippen LogP contribution in [0, 0.1) is 6.92 Å². The summed E-state index contributed by atoms with van der Waals surface area (Å²) in [5, 5.41) is 3.98. The van der Waals surface area contributed by atoms with Gasteiger partial charge in [-0.3, -0.25) is 4.68 Å². The van der Waals surface area contributed by atoms with E-state index in [-0.39, 0.29) is 4.90 Å². The van der Waals surface area contributed by atoms with Crippen molar-refractivity contribution >= 4 is 19.7 Å². The van der Waals surface area contributed by atoms with Crippen LogP contribution in [0.5, 0.6) is 5.75 Å².